The standard InChI is InChI=1S/C17H18O3/c1-2-10-19-16-9-8-15(12-18)11-17(16)20-13-14-6-4-3-5-7-14/h2-9,11,18H,1,10,12-13H2. The summed E-state index contributed by atoms with van der Waals surface area (Å²) in [6, 6.07) is 15.3. The van der Waals surface area contributed by atoms with Gasteiger partial charge in [0.15, 0.2) is 11.5 Å². The predicted octanol–water partition coefficient (Wildman–Crippen LogP) is 3.32. The zero-order chi connectivity index (χ0) is 14.2. The van der Waals surface area contributed by atoms with E-state index < -0.39 is 0 Å². The topological polar surface area (TPSA) is 38.7 Å². The Morgan fingerprint density at radius 3 is 2.45 bits per heavy atom. The van der Waals surface area contributed by atoms with E-state index in [-0.39, 0.29) is 6.61 Å². The van der Waals surface area contributed by atoms with Gasteiger partial charge in [0.05, 0.1) is 6.61 Å². The van der Waals surface area contributed by atoms with Crippen LogP contribution in [0.5, 0.6) is 11.5 Å². The normalized spacial score (nSPS) is 10.1. The van der Waals surface area contributed by atoms with Crippen molar-refractivity contribution in [1.82, 2.24) is 0 Å². The van der Waals surface area contributed by atoms with Gasteiger partial charge in [0.2, 0.25) is 0 Å². The summed E-state index contributed by atoms with van der Waals surface area (Å²) in [7, 11) is 0. The lowest BCUT2D eigenvalue weighted by molar-refractivity contribution is 0.267. The van der Waals surface area contributed by atoms with Crippen molar-refractivity contribution in [1.29, 1.82) is 0 Å². The van der Waals surface area contributed by atoms with E-state index in [1.54, 1.807) is 18.2 Å². The average molecular weight is 270 g/mol. The summed E-state index contributed by atoms with van der Waals surface area (Å²) in [6.07, 6.45) is 1.68. The van der Waals surface area contributed by atoms with E-state index in [4.69, 9.17) is 9.47 Å². The molecule has 3 nitrogen and oxygen atoms in total. The Labute approximate surface area is 119 Å². The van der Waals surface area contributed by atoms with E-state index in [1.165, 1.54) is 0 Å². The Morgan fingerprint density at radius 1 is 0.950 bits per heavy atom. The summed E-state index contributed by atoms with van der Waals surface area (Å²) < 4.78 is 11.3. The molecule has 0 aliphatic carbocycles. The first-order valence-corrected chi connectivity index (χ1v) is 6.47. The Balaban J connectivity index is 2.12. The maximum Gasteiger partial charge on any atom is 0.162 e. The third-order valence-corrected chi connectivity index (χ3v) is 2.78. The summed E-state index contributed by atoms with van der Waals surface area (Å²) in [5.74, 6) is 1.28. The van der Waals surface area contributed by atoms with Gasteiger partial charge in [-0.25, -0.2) is 0 Å². The lowest BCUT2D eigenvalue weighted by atomic mass is 10.2. The van der Waals surface area contributed by atoms with Crippen molar-refractivity contribution in [3.63, 3.8) is 0 Å². The van der Waals surface area contributed by atoms with Gasteiger partial charge in [0.1, 0.15) is 13.2 Å². The minimum absolute atomic E-state index is 0.0244. The van der Waals surface area contributed by atoms with E-state index >= 15 is 0 Å². The predicted molar refractivity (Wildman–Crippen MR) is 78.8 cm³/mol. The van der Waals surface area contributed by atoms with E-state index in [1.807, 2.05) is 36.4 Å². The second-order valence-corrected chi connectivity index (χ2v) is 4.31. The zero-order valence-corrected chi connectivity index (χ0v) is 11.3. The van der Waals surface area contributed by atoms with Crippen molar-refractivity contribution in [3.05, 3.63) is 72.3 Å². The molecule has 2 aromatic carbocycles. The van der Waals surface area contributed by atoms with Crippen molar-refractivity contribution >= 4 is 0 Å². The quantitative estimate of drug-likeness (QED) is 0.784. The van der Waals surface area contributed by atoms with Crippen LogP contribution in [-0.2, 0) is 13.2 Å². The highest BCUT2D eigenvalue weighted by atomic mass is 16.5. The monoisotopic (exact) mass is 270 g/mol. The molecule has 0 saturated heterocycles. The molecule has 0 fully saturated rings. The van der Waals surface area contributed by atoms with Gasteiger partial charge in [0, 0.05) is 0 Å². The molecule has 2 rings (SSSR count). The lowest BCUT2D eigenvalue weighted by Crippen LogP contribution is -2.01. The van der Waals surface area contributed by atoms with Crippen LogP contribution in [0.4, 0.5) is 0 Å². The Bertz CT molecular complexity index is 549. The molecule has 0 heterocycles. The minimum atomic E-state index is -0.0244. The number of hydrogen-bond acceptors (Lipinski definition) is 3. The summed E-state index contributed by atoms with van der Waals surface area (Å²) in [5, 5.41) is 9.20. The number of aliphatic hydroxyl groups excluding tert-OH is 1. The molecule has 0 spiro atoms. The van der Waals surface area contributed by atoms with E-state index in [2.05, 4.69) is 6.58 Å². The van der Waals surface area contributed by atoms with E-state index in [0.29, 0.717) is 24.7 Å². The number of benzene rings is 2. The van der Waals surface area contributed by atoms with Gasteiger partial charge in [-0.1, -0.05) is 49.1 Å². The number of hydrogen-bond donors (Lipinski definition) is 1. The van der Waals surface area contributed by atoms with Gasteiger partial charge in [-0.05, 0) is 23.3 Å². The largest absolute Gasteiger partial charge is 0.486 e. The van der Waals surface area contributed by atoms with Gasteiger partial charge in [-0.3, -0.25) is 0 Å². The second kappa shape index (κ2) is 7.36. The maximum absolute atomic E-state index is 9.20. The first-order chi connectivity index (χ1) is 9.83. The first kappa shape index (κ1) is 14.2. The molecule has 0 aromatic heterocycles. The molecule has 0 aliphatic rings. The lowest BCUT2D eigenvalue weighted by Gasteiger charge is -2.13. The van der Waals surface area contributed by atoms with Gasteiger partial charge < -0.3 is 14.6 Å². The van der Waals surface area contributed by atoms with Crippen LogP contribution >= 0.6 is 0 Å². The summed E-state index contributed by atoms with van der Waals surface area (Å²) >= 11 is 0. The SMILES string of the molecule is C=CCOc1ccc(CO)cc1OCc1ccccc1. The Morgan fingerprint density at radius 2 is 1.75 bits per heavy atom. The fourth-order valence-electron chi connectivity index (χ4n) is 1.77. The number of ether oxygens (including phenoxy) is 2. The van der Waals surface area contributed by atoms with Gasteiger partial charge in [0.25, 0.3) is 0 Å². The molecule has 0 radical (unpaired) electrons. The molecule has 104 valence electrons. The fraction of sp³-hybridized carbons (Fsp3) is 0.176. The molecule has 1 N–H and O–H groups in total. The molecule has 0 saturated carbocycles. The first-order valence-electron chi connectivity index (χ1n) is 6.47. The van der Waals surface area contributed by atoms with Gasteiger partial charge in [-0.15, -0.1) is 0 Å². The molecule has 0 amide bonds. The highest BCUT2D eigenvalue weighted by Gasteiger charge is 2.06. The molecule has 0 bridgehead atoms. The number of aliphatic hydroxyl groups is 1. The van der Waals surface area contributed by atoms with Gasteiger partial charge in [-0.2, -0.15) is 0 Å². The summed E-state index contributed by atoms with van der Waals surface area (Å²) in [4.78, 5) is 0. The van der Waals surface area contributed by atoms with E-state index in [0.717, 1.165) is 11.1 Å². The van der Waals surface area contributed by atoms with Gasteiger partial charge >= 0.3 is 0 Å². The van der Waals surface area contributed by atoms with Crippen LogP contribution in [0.2, 0.25) is 0 Å². The maximum atomic E-state index is 9.20. The molecular weight excluding hydrogens is 252 g/mol. The zero-order valence-electron chi connectivity index (χ0n) is 11.3. The summed E-state index contributed by atoms with van der Waals surface area (Å²) in [6.45, 7) is 4.48. The van der Waals surface area contributed by atoms with Crippen molar-refractivity contribution in [2.45, 2.75) is 13.2 Å². The van der Waals surface area contributed by atoms with E-state index in [9.17, 15) is 5.11 Å². The smallest absolute Gasteiger partial charge is 0.162 e. The minimum Gasteiger partial charge on any atom is -0.486 e. The molecule has 0 atom stereocenters. The summed E-state index contributed by atoms with van der Waals surface area (Å²) in [5.41, 5.74) is 1.87. The molecule has 20 heavy (non-hydrogen) atoms. The van der Waals surface area contributed by atoms with Crippen molar-refractivity contribution in [2.75, 3.05) is 6.61 Å². The van der Waals surface area contributed by atoms with Crippen molar-refractivity contribution < 1.29 is 14.6 Å². The van der Waals surface area contributed by atoms with Crippen LogP contribution in [-0.4, -0.2) is 11.7 Å². The van der Waals surface area contributed by atoms with Crippen LogP contribution in [0.15, 0.2) is 61.2 Å². The Hall–Kier alpha value is -2.26. The van der Waals surface area contributed by atoms with Crippen LogP contribution in [0.1, 0.15) is 11.1 Å². The van der Waals surface area contributed by atoms with Crippen LogP contribution in [0, 0.1) is 0 Å². The molecular formula is C17H18O3. The fourth-order valence-corrected chi connectivity index (χ4v) is 1.77. The molecule has 3 heteroatoms. The molecule has 0 unspecified atom stereocenters. The third-order valence-electron chi connectivity index (χ3n) is 2.78. The average Bonchev–Trinajstić information content (AvgIpc) is 2.52. The highest BCUT2D eigenvalue weighted by molar-refractivity contribution is 5.43. The van der Waals surface area contributed by atoms with Crippen LogP contribution in [0.3, 0.4) is 0 Å². The highest BCUT2D eigenvalue weighted by Crippen LogP contribution is 2.29. The Kier molecular flexibility index (Phi) is 5.21. The van der Waals surface area contributed by atoms with Crippen LogP contribution in [0.25, 0.3) is 0 Å². The van der Waals surface area contributed by atoms with Crippen LogP contribution < -0.4 is 9.47 Å². The van der Waals surface area contributed by atoms with Crippen molar-refractivity contribution in [3.8, 4) is 11.5 Å². The number of rotatable bonds is 7. The second-order valence-electron chi connectivity index (χ2n) is 4.31. The van der Waals surface area contributed by atoms with Crippen molar-refractivity contribution in [2.24, 2.45) is 0 Å². The molecule has 2 aromatic rings. The molecule has 0 aliphatic heterocycles. The third kappa shape index (κ3) is 3.87.